The summed E-state index contributed by atoms with van der Waals surface area (Å²) in [4.78, 5) is 0. The minimum absolute atomic E-state index is 0.0123. The molecule has 0 spiro atoms. The largest absolute Gasteiger partial charge is 0.310 e. The predicted molar refractivity (Wildman–Crippen MR) is 69.3 cm³/mol. The number of nitrogens with one attached hydrogen (secondary N) is 1. The number of hydrogen-bond donors (Lipinski definition) is 1. The van der Waals surface area contributed by atoms with E-state index in [1.165, 1.54) is 6.42 Å². The van der Waals surface area contributed by atoms with Crippen LogP contribution in [-0.4, -0.2) is 6.54 Å². The lowest BCUT2D eigenvalue weighted by atomic mass is 9.79. The quantitative estimate of drug-likeness (QED) is 0.811. The molecule has 1 atom stereocenters. The average Bonchev–Trinajstić information content (AvgIpc) is 2.28. The summed E-state index contributed by atoms with van der Waals surface area (Å²) < 4.78 is 40.6. The van der Waals surface area contributed by atoms with Gasteiger partial charge in [0.1, 0.15) is 17.5 Å². The van der Waals surface area contributed by atoms with E-state index in [1.54, 1.807) is 0 Å². The summed E-state index contributed by atoms with van der Waals surface area (Å²) in [6, 6.07) is 1.17. The van der Waals surface area contributed by atoms with Crippen LogP contribution in [0.4, 0.5) is 13.2 Å². The van der Waals surface area contributed by atoms with Crippen molar-refractivity contribution in [3.63, 3.8) is 0 Å². The van der Waals surface area contributed by atoms with Gasteiger partial charge < -0.3 is 5.32 Å². The number of rotatable bonds is 6. The standard InChI is InChI=1S/C15H20F3N/c1-2-6-19-14(7-10-4-3-5-10)15-12(17)8-11(16)9-13(15)18/h8-10,14,19H,2-7H2,1H3. The van der Waals surface area contributed by atoms with Crippen LogP contribution in [0.3, 0.4) is 0 Å². The second-order valence-corrected chi connectivity index (χ2v) is 5.32. The maximum Gasteiger partial charge on any atom is 0.133 e. The molecule has 106 valence electrons. The van der Waals surface area contributed by atoms with E-state index in [0.29, 0.717) is 12.5 Å². The molecule has 0 bridgehead atoms. The van der Waals surface area contributed by atoms with Crippen molar-refractivity contribution in [2.24, 2.45) is 5.92 Å². The Hall–Kier alpha value is -1.03. The van der Waals surface area contributed by atoms with Crippen LogP contribution in [0.15, 0.2) is 12.1 Å². The Bertz CT molecular complexity index is 406. The van der Waals surface area contributed by atoms with Gasteiger partial charge in [-0.3, -0.25) is 0 Å². The highest BCUT2D eigenvalue weighted by Crippen LogP contribution is 2.36. The highest BCUT2D eigenvalue weighted by molar-refractivity contribution is 5.24. The molecule has 0 amide bonds. The molecule has 0 radical (unpaired) electrons. The van der Waals surface area contributed by atoms with Crippen LogP contribution in [0.2, 0.25) is 0 Å². The van der Waals surface area contributed by atoms with E-state index in [9.17, 15) is 13.2 Å². The van der Waals surface area contributed by atoms with Crippen molar-refractivity contribution in [3.8, 4) is 0 Å². The van der Waals surface area contributed by atoms with Gasteiger partial charge in [0, 0.05) is 23.7 Å². The van der Waals surface area contributed by atoms with Crippen molar-refractivity contribution in [1.29, 1.82) is 0 Å². The third kappa shape index (κ3) is 3.50. The van der Waals surface area contributed by atoms with E-state index >= 15 is 0 Å². The molecule has 0 heterocycles. The summed E-state index contributed by atoms with van der Waals surface area (Å²) >= 11 is 0. The fraction of sp³-hybridized carbons (Fsp3) is 0.600. The molecule has 0 aliphatic heterocycles. The molecule has 1 aromatic rings. The molecule has 1 aromatic carbocycles. The highest BCUT2D eigenvalue weighted by atomic mass is 19.1. The molecule has 1 fully saturated rings. The molecule has 1 saturated carbocycles. The van der Waals surface area contributed by atoms with Gasteiger partial charge in [-0.25, -0.2) is 13.2 Å². The van der Waals surface area contributed by atoms with Gasteiger partial charge in [0.2, 0.25) is 0 Å². The van der Waals surface area contributed by atoms with E-state index in [1.807, 2.05) is 6.92 Å². The maximum atomic E-state index is 13.8. The third-order valence-electron chi connectivity index (χ3n) is 3.83. The highest BCUT2D eigenvalue weighted by Gasteiger charge is 2.27. The molecular formula is C15H20F3N. The molecule has 1 N–H and O–H groups in total. The van der Waals surface area contributed by atoms with Crippen molar-refractivity contribution >= 4 is 0 Å². The number of benzene rings is 1. The van der Waals surface area contributed by atoms with Crippen LogP contribution >= 0.6 is 0 Å². The first-order valence-corrected chi connectivity index (χ1v) is 6.99. The van der Waals surface area contributed by atoms with Crippen molar-refractivity contribution in [1.82, 2.24) is 5.32 Å². The molecule has 1 aliphatic carbocycles. The van der Waals surface area contributed by atoms with Gasteiger partial charge in [0.25, 0.3) is 0 Å². The fourth-order valence-corrected chi connectivity index (χ4v) is 2.57. The minimum atomic E-state index is -0.864. The average molecular weight is 271 g/mol. The van der Waals surface area contributed by atoms with Gasteiger partial charge >= 0.3 is 0 Å². The third-order valence-corrected chi connectivity index (χ3v) is 3.83. The molecular weight excluding hydrogens is 251 g/mol. The zero-order valence-electron chi connectivity index (χ0n) is 11.2. The Kier molecular flexibility index (Phi) is 4.86. The SMILES string of the molecule is CCCNC(CC1CCC1)c1c(F)cc(F)cc1F. The lowest BCUT2D eigenvalue weighted by molar-refractivity contribution is 0.256. The van der Waals surface area contributed by atoms with E-state index < -0.39 is 17.5 Å². The summed E-state index contributed by atoms with van der Waals surface area (Å²) in [6.07, 6.45) is 5.05. The molecule has 19 heavy (non-hydrogen) atoms. The first-order valence-electron chi connectivity index (χ1n) is 6.99. The van der Waals surface area contributed by atoms with Crippen molar-refractivity contribution in [2.75, 3.05) is 6.54 Å². The van der Waals surface area contributed by atoms with E-state index in [4.69, 9.17) is 0 Å². The van der Waals surface area contributed by atoms with Gasteiger partial charge in [0.05, 0.1) is 0 Å². The lowest BCUT2D eigenvalue weighted by Crippen LogP contribution is -2.28. The van der Waals surface area contributed by atoms with Crippen LogP contribution in [0.1, 0.15) is 50.6 Å². The van der Waals surface area contributed by atoms with Gasteiger partial charge in [-0.15, -0.1) is 0 Å². The molecule has 1 unspecified atom stereocenters. The second-order valence-electron chi connectivity index (χ2n) is 5.32. The summed E-state index contributed by atoms with van der Waals surface area (Å²) in [5, 5.41) is 3.18. The topological polar surface area (TPSA) is 12.0 Å². The van der Waals surface area contributed by atoms with Crippen LogP contribution in [0.5, 0.6) is 0 Å². The zero-order valence-corrected chi connectivity index (χ0v) is 11.2. The molecule has 0 aromatic heterocycles. The van der Waals surface area contributed by atoms with Crippen molar-refractivity contribution in [2.45, 2.75) is 45.1 Å². The Morgan fingerprint density at radius 2 is 1.84 bits per heavy atom. The molecule has 1 nitrogen and oxygen atoms in total. The van der Waals surface area contributed by atoms with Crippen LogP contribution in [0, 0.1) is 23.4 Å². The maximum absolute atomic E-state index is 13.8. The zero-order chi connectivity index (χ0) is 13.8. The van der Waals surface area contributed by atoms with Gasteiger partial charge in [-0.05, 0) is 25.3 Å². The summed E-state index contributed by atoms with van der Waals surface area (Å²) in [5.41, 5.74) is -0.0123. The minimum Gasteiger partial charge on any atom is -0.310 e. The lowest BCUT2D eigenvalue weighted by Gasteiger charge is -2.30. The molecule has 0 saturated heterocycles. The van der Waals surface area contributed by atoms with Crippen LogP contribution in [-0.2, 0) is 0 Å². The Morgan fingerprint density at radius 3 is 2.32 bits per heavy atom. The van der Waals surface area contributed by atoms with Crippen molar-refractivity contribution in [3.05, 3.63) is 35.1 Å². The monoisotopic (exact) mass is 271 g/mol. The smallest absolute Gasteiger partial charge is 0.133 e. The second kappa shape index (κ2) is 6.42. The van der Waals surface area contributed by atoms with Crippen LogP contribution in [0.25, 0.3) is 0 Å². The summed E-state index contributed by atoms with van der Waals surface area (Å²) in [6.45, 7) is 2.71. The van der Waals surface area contributed by atoms with Gasteiger partial charge in [0.15, 0.2) is 0 Å². The summed E-state index contributed by atoms with van der Waals surface area (Å²) in [7, 11) is 0. The number of halogens is 3. The number of hydrogen-bond acceptors (Lipinski definition) is 1. The van der Waals surface area contributed by atoms with Crippen molar-refractivity contribution < 1.29 is 13.2 Å². The van der Waals surface area contributed by atoms with E-state index in [0.717, 1.165) is 37.8 Å². The Balaban J connectivity index is 2.20. The molecule has 2 rings (SSSR count). The Labute approximate surface area is 112 Å². The predicted octanol–water partition coefficient (Wildman–Crippen LogP) is 4.33. The van der Waals surface area contributed by atoms with Gasteiger partial charge in [-0.1, -0.05) is 26.2 Å². The normalized spacial score (nSPS) is 17.3. The van der Waals surface area contributed by atoms with Gasteiger partial charge in [-0.2, -0.15) is 0 Å². The molecule has 1 aliphatic rings. The van der Waals surface area contributed by atoms with Crippen LogP contribution < -0.4 is 5.32 Å². The Morgan fingerprint density at radius 1 is 1.21 bits per heavy atom. The van der Waals surface area contributed by atoms with E-state index in [-0.39, 0.29) is 11.6 Å². The summed E-state index contributed by atoms with van der Waals surface area (Å²) in [5.74, 6) is -1.91. The first kappa shape index (κ1) is 14.4. The fourth-order valence-electron chi connectivity index (χ4n) is 2.57. The first-order chi connectivity index (χ1) is 9.11. The van der Waals surface area contributed by atoms with E-state index in [2.05, 4.69) is 5.32 Å². The molecule has 4 heteroatoms.